The highest BCUT2D eigenvalue weighted by atomic mass is 16.5. The van der Waals surface area contributed by atoms with Gasteiger partial charge in [-0.1, -0.05) is 31.0 Å². The van der Waals surface area contributed by atoms with E-state index in [0.29, 0.717) is 0 Å². The van der Waals surface area contributed by atoms with Crippen molar-refractivity contribution in [3.05, 3.63) is 29.3 Å². The summed E-state index contributed by atoms with van der Waals surface area (Å²) in [5.41, 5.74) is 4.17. The molecule has 0 spiro atoms. The Kier molecular flexibility index (Phi) is 6.52. The van der Waals surface area contributed by atoms with E-state index >= 15 is 0 Å². The zero-order chi connectivity index (χ0) is 15.1. The normalized spacial score (nSPS) is 16.4. The fourth-order valence-corrected chi connectivity index (χ4v) is 3.14. The molecule has 0 aromatic heterocycles. The lowest BCUT2D eigenvalue weighted by molar-refractivity contribution is 0.199. The first-order valence-electron chi connectivity index (χ1n) is 8.28. The number of piperidine rings is 1. The maximum absolute atomic E-state index is 5.10. The highest BCUT2D eigenvalue weighted by Gasteiger charge is 2.19. The maximum atomic E-state index is 5.10. The molecule has 0 amide bonds. The predicted octanol–water partition coefficient (Wildman–Crippen LogP) is 3.36. The minimum atomic E-state index is 0.767. The number of hydrogen-bond acceptors (Lipinski definition) is 3. The summed E-state index contributed by atoms with van der Waals surface area (Å²) < 4.78 is 5.10. The number of nitrogens with zero attached hydrogens (tertiary/aromatic N) is 1. The van der Waals surface area contributed by atoms with Crippen molar-refractivity contribution in [1.29, 1.82) is 0 Å². The summed E-state index contributed by atoms with van der Waals surface area (Å²) in [6.07, 6.45) is 4.00. The number of aryl methyl sites for hydroxylation is 1. The zero-order valence-corrected chi connectivity index (χ0v) is 13.8. The average Bonchev–Trinajstić information content (AvgIpc) is 2.52. The summed E-state index contributed by atoms with van der Waals surface area (Å²) in [7, 11) is 1.75. The minimum Gasteiger partial charge on any atom is -0.383 e. The fraction of sp³-hybridized carbons (Fsp3) is 0.667. The standard InChI is InChI=1S/C18H30N2O/c1-4-16-7-10-20(11-8-16)18-6-5-15(2)13-17(18)14-19-9-12-21-3/h5-6,13,16,19H,4,7-12,14H2,1-3H3. The first kappa shape index (κ1) is 16.3. The molecular weight excluding hydrogens is 260 g/mol. The van der Waals surface area contributed by atoms with Gasteiger partial charge in [-0.3, -0.25) is 0 Å². The van der Waals surface area contributed by atoms with Crippen LogP contribution < -0.4 is 10.2 Å². The third-order valence-corrected chi connectivity index (χ3v) is 4.57. The van der Waals surface area contributed by atoms with Crippen molar-refractivity contribution in [1.82, 2.24) is 5.32 Å². The Balaban J connectivity index is 2.01. The Morgan fingerprint density at radius 2 is 2.05 bits per heavy atom. The van der Waals surface area contributed by atoms with E-state index in [-0.39, 0.29) is 0 Å². The Bertz CT molecular complexity index is 425. The molecule has 0 aliphatic carbocycles. The number of ether oxygens (including phenoxy) is 1. The van der Waals surface area contributed by atoms with Crippen LogP contribution in [0, 0.1) is 12.8 Å². The molecule has 0 radical (unpaired) electrons. The lowest BCUT2D eigenvalue weighted by atomic mass is 9.93. The monoisotopic (exact) mass is 290 g/mol. The summed E-state index contributed by atoms with van der Waals surface area (Å²) in [4.78, 5) is 2.57. The average molecular weight is 290 g/mol. The summed E-state index contributed by atoms with van der Waals surface area (Å²) in [5, 5.41) is 3.48. The fourth-order valence-electron chi connectivity index (χ4n) is 3.14. The lowest BCUT2D eigenvalue weighted by Crippen LogP contribution is -2.34. The molecule has 1 saturated heterocycles. The molecule has 0 atom stereocenters. The molecule has 3 nitrogen and oxygen atoms in total. The highest BCUT2D eigenvalue weighted by Crippen LogP contribution is 2.28. The van der Waals surface area contributed by atoms with E-state index in [1.807, 2.05) is 0 Å². The minimum absolute atomic E-state index is 0.767. The molecule has 1 aromatic rings. The van der Waals surface area contributed by atoms with Gasteiger partial charge in [-0.05, 0) is 37.3 Å². The third-order valence-electron chi connectivity index (χ3n) is 4.57. The van der Waals surface area contributed by atoms with Crippen molar-refractivity contribution >= 4 is 5.69 Å². The Hall–Kier alpha value is -1.06. The van der Waals surface area contributed by atoms with Crippen LogP contribution in [0.5, 0.6) is 0 Å². The summed E-state index contributed by atoms with van der Waals surface area (Å²) >= 11 is 0. The molecule has 1 aromatic carbocycles. The van der Waals surface area contributed by atoms with Crippen LogP contribution in [0.1, 0.15) is 37.3 Å². The van der Waals surface area contributed by atoms with Crippen molar-refractivity contribution in [2.45, 2.75) is 39.7 Å². The van der Waals surface area contributed by atoms with E-state index in [9.17, 15) is 0 Å². The number of rotatable bonds is 7. The van der Waals surface area contributed by atoms with E-state index < -0.39 is 0 Å². The highest BCUT2D eigenvalue weighted by molar-refractivity contribution is 5.55. The number of nitrogens with one attached hydrogen (secondary N) is 1. The smallest absolute Gasteiger partial charge is 0.0587 e. The van der Waals surface area contributed by atoms with Gasteiger partial charge in [0.15, 0.2) is 0 Å². The van der Waals surface area contributed by atoms with Gasteiger partial charge in [0.2, 0.25) is 0 Å². The first-order chi connectivity index (χ1) is 10.2. The van der Waals surface area contributed by atoms with Crippen LogP contribution in [-0.4, -0.2) is 33.4 Å². The largest absolute Gasteiger partial charge is 0.383 e. The van der Waals surface area contributed by atoms with Crippen LogP contribution in [0.15, 0.2) is 18.2 Å². The molecule has 2 rings (SSSR count). The molecule has 1 aliphatic rings. The second kappa shape index (κ2) is 8.40. The van der Waals surface area contributed by atoms with Gasteiger partial charge < -0.3 is 15.0 Å². The summed E-state index contributed by atoms with van der Waals surface area (Å²) in [6.45, 7) is 9.49. The molecule has 0 saturated carbocycles. The molecule has 0 bridgehead atoms. The van der Waals surface area contributed by atoms with Gasteiger partial charge in [-0.2, -0.15) is 0 Å². The van der Waals surface area contributed by atoms with Gasteiger partial charge in [0.05, 0.1) is 6.61 Å². The van der Waals surface area contributed by atoms with Crippen molar-refractivity contribution in [3.63, 3.8) is 0 Å². The van der Waals surface area contributed by atoms with Crippen molar-refractivity contribution < 1.29 is 4.74 Å². The molecule has 1 fully saturated rings. The molecule has 21 heavy (non-hydrogen) atoms. The van der Waals surface area contributed by atoms with Crippen molar-refractivity contribution in [3.8, 4) is 0 Å². The topological polar surface area (TPSA) is 24.5 Å². The van der Waals surface area contributed by atoms with Gasteiger partial charge in [0, 0.05) is 39.0 Å². The van der Waals surface area contributed by atoms with Crippen LogP contribution in [-0.2, 0) is 11.3 Å². The number of hydrogen-bond donors (Lipinski definition) is 1. The van der Waals surface area contributed by atoms with E-state index in [2.05, 4.69) is 42.3 Å². The Morgan fingerprint density at radius 3 is 2.71 bits per heavy atom. The second-order valence-electron chi connectivity index (χ2n) is 6.14. The lowest BCUT2D eigenvalue weighted by Gasteiger charge is -2.34. The molecule has 1 heterocycles. The van der Waals surface area contributed by atoms with Crippen molar-refractivity contribution in [2.75, 3.05) is 38.3 Å². The van der Waals surface area contributed by atoms with E-state index in [0.717, 1.165) is 25.6 Å². The SMILES string of the molecule is CCC1CCN(c2ccc(C)cc2CNCCOC)CC1. The molecule has 118 valence electrons. The number of benzene rings is 1. The van der Waals surface area contributed by atoms with Gasteiger partial charge in [0.25, 0.3) is 0 Å². The Labute approximate surface area is 129 Å². The van der Waals surface area contributed by atoms with Crippen molar-refractivity contribution in [2.24, 2.45) is 5.92 Å². The quantitative estimate of drug-likeness (QED) is 0.779. The molecule has 0 unspecified atom stereocenters. The van der Waals surface area contributed by atoms with Gasteiger partial charge >= 0.3 is 0 Å². The van der Waals surface area contributed by atoms with E-state index in [1.54, 1.807) is 7.11 Å². The molecule has 1 N–H and O–H groups in total. The molecule has 1 aliphatic heterocycles. The van der Waals surface area contributed by atoms with Crippen LogP contribution >= 0.6 is 0 Å². The third kappa shape index (κ3) is 4.72. The summed E-state index contributed by atoms with van der Waals surface area (Å²) in [5.74, 6) is 0.926. The summed E-state index contributed by atoms with van der Waals surface area (Å²) in [6, 6.07) is 6.86. The van der Waals surface area contributed by atoms with Gasteiger partial charge in [-0.25, -0.2) is 0 Å². The Morgan fingerprint density at radius 1 is 1.29 bits per heavy atom. The first-order valence-corrected chi connectivity index (χ1v) is 8.28. The van der Waals surface area contributed by atoms with Crippen LogP contribution in [0.4, 0.5) is 5.69 Å². The van der Waals surface area contributed by atoms with Gasteiger partial charge in [0.1, 0.15) is 0 Å². The van der Waals surface area contributed by atoms with E-state index in [1.165, 1.54) is 49.2 Å². The zero-order valence-electron chi connectivity index (χ0n) is 13.8. The predicted molar refractivity (Wildman–Crippen MR) is 90.0 cm³/mol. The number of methoxy groups -OCH3 is 1. The van der Waals surface area contributed by atoms with Gasteiger partial charge in [-0.15, -0.1) is 0 Å². The van der Waals surface area contributed by atoms with Crippen LogP contribution in [0.2, 0.25) is 0 Å². The molecule has 3 heteroatoms. The van der Waals surface area contributed by atoms with E-state index in [4.69, 9.17) is 4.74 Å². The van der Waals surface area contributed by atoms with Crippen LogP contribution in [0.25, 0.3) is 0 Å². The second-order valence-corrected chi connectivity index (χ2v) is 6.14. The number of anilines is 1. The maximum Gasteiger partial charge on any atom is 0.0587 e. The molecular formula is C18H30N2O. The van der Waals surface area contributed by atoms with Crippen LogP contribution in [0.3, 0.4) is 0 Å².